The van der Waals surface area contributed by atoms with Crippen LogP contribution < -0.4 is 10.1 Å². The first-order valence-corrected chi connectivity index (χ1v) is 7.93. The van der Waals surface area contributed by atoms with Crippen LogP contribution >= 0.6 is 0 Å². The maximum absolute atomic E-state index is 5.22. The van der Waals surface area contributed by atoms with Crippen LogP contribution in [0, 0.1) is 13.8 Å². The lowest BCUT2D eigenvalue weighted by Crippen LogP contribution is -2.02. The number of aromatic nitrogens is 3. The zero-order valence-corrected chi connectivity index (χ0v) is 13.6. The van der Waals surface area contributed by atoms with Crippen LogP contribution in [0.1, 0.15) is 35.8 Å². The summed E-state index contributed by atoms with van der Waals surface area (Å²) < 4.78 is 7.34. The lowest BCUT2D eigenvalue weighted by Gasteiger charge is -2.11. The number of nitrogens with one attached hydrogen (secondary N) is 1. The van der Waals surface area contributed by atoms with Gasteiger partial charge in [0.2, 0.25) is 5.78 Å². The lowest BCUT2D eigenvalue weighted by atomic mass is 10.2. The Balaban J connectivity index is 1.81. The summed E-state index contributed by atoms with van der Waals surface area (Å²) in [4.78, 5) is 9.38. The van der Waals surface area contributed by atoms with Crippen LogP contribution in [0.2, 0.25) is 0 Å². The summed E-state index contributed by atoms with van der Waals surface area (Å²) in [6.07, 6.45) is 2.42. The maximum atomic E-state index is 5.22. The van der Waals surface area contributed by atoms with Gasteiger partial charge in [0.05, 0.1) is 12.8 Å². The van der Waals surface area contributed by atoms with Crippen LogP contribution in [-0.2, 0) is 0 Å². The van der Waals surface area contributed by atoms with Gasteiger partial charge in [-0.3, -0.25) is 4.40 Å². The first-order chi connectivity index (χ1) is 11.2. The summed E-state index contributed by atoms with van der Waals surface area (Å²) in [7, 11) is 1.68. The molecule has 0 saturated heterocycles. The Morgan fingerprint density at radius 3 is 2.52 bits per heavy atom. The normalized spacial score (nSPS) is 14.2. The Morgan fingerprint density at radius 1 is 1.13 bits per heavy atom. The third-order valence-electron chi connectivity index (χ3n) is 4.25. The zero-order chi connectivity index (χ0) is 16.0. The molecule has 118 valence electrons. The molecule has 2 aromatic heterocycles. The molecule has 2 heterocycles. The Morgan fingerprint density at radius 2 is 1.87 bits per heavy atom. The quantitative estimate of drug-likeness (QED) is 0.792. The van der Waals surface area contributed by atoms with Crippen molar-refractivity contribution in [2.45, 2.75) is 32.6 Å². The van der Waals surface area contributed by atoms with Gasteiger partial charge in [-0.2, -0.15) is 0 Å². The summed E-state index contributed by atoms with van der Waals surface area (Å²) in [5, 5.41) is 3.53. The summed E-state index contributed by atoms with van der Waals surface area (Å²) in [6.45, 7) is 4.11. The van der Waals surface area contributed by atoms with E-state index in [9.17, 15) is 0 Å². The molecule has 1 aromatic carbocycles. The minimum Gasteiger partial charge on any atom is -0.497 e. The first-order valence-electron chi connectivity index (χ1n) is 7.93. The van der Waals surface area contributed by atoms with E-state index in [1.807, 2.05) is 31.2 Å². The van der Waals surface area contributed by atoms with Crippen LogP contribution in [0.5, 0.6) is 5.75 Å². The first kappa shape index (κ1) is 14.1. The molecular formula is C18H20N4O. The van der Waals surface area contributed by atoms with Gasteiger partial charge in [0.1, 0.15) is 11.6 Å². The Labute approximate surface area is 135 Å². The second-order valence-corrected chi connectivity index (χ2v) is 6.15. The molecule has 1 saturated carbocycles. The summed E-state index contributed by atoms with van der Waals surface area (Å²) >= 11 is 0. The number of fused-ring (bicyclic) bond motifs is 1. The van der Waals surface area contributed by atoms with E-state index in [-0.39, 0.29) is 0 Å². The number of aryl methyl sites for hydroxylation is 2. The highest BCUT2D eigenvalue weighted by molar-refractivity contribution is 5.65. The molecule has 1 aliphatic rings. The molecule has 0 radical (unpaired) electrons. The van der Waals surface area contributed by atoms with E-state index in [1.54, 1.807) is 7.11 Å². The molecule has 1 N–H and O–H groups in total. The molecule has 4 rings (SSSR count). The van der Waals surface area contributed by atoms with Gasteiger partial charge in [0.15, 0.2) is 0 Å². The molecule has 0 bridgehead atoms. The largest absolute Gasteiger partial charge is 0.497 e. The SMILES string of the molecule is COc1ccc(Nc2c(C3CC3)nc3nc(C)cc(C)n23)cc1. The highest BCUT2D eigenvalue weighted by Gasteiger charge is 2.31. The minimum absolute atomic E-state index is 0.553. The van der Waals surface area contributed by atoms with Crippen molar-refractivity contribution in [3.05, 3.63) is 47.4 Å². The van der Waals surface area contributed by atoms with Crippen molar-refractivity contribution in [2.75, 3.05) is 12.4 Å². The molecule has 1 aliphatic carbocycles. The van der Waals surface area contributed by atoms with Gasteiger partial charge in [-0.1, -0.05) is 0 Å². The Hall–Kier alpha value is -2.56. The molecule has 0 spiro atoms. The van der Waals surface area contributed by atoms with Crippen LogP contribution in [0.4, 0.5) is 11.5 Å². The molecule has 5 heteroatoms. The average molecular weight is 308 g/mol. The number of ether oxygens (including phenoxy) is 1. The fraction of sp³-hybridized carbons (Fsp3) is 0.333. The monoisotopic (exact) mass is 308 g/mol. The lowest BCUT2D eigenvalue weighted by molar-refractivity contribution is 0.415. The number of nitrogens with zero attached hydrogens (tertiary/aromatic N) is 3. The fourth-order valence-corrected chi connectivity index (χ4v) is 2.96. The average Bonchev–Trinajstić information content (AvgIpc) is 3.31. The smallest absolute Gasteiger partial charge is 0.236 e. The molecule has 0 aliphatic heterocycles. The van der Waals surface area contributed by atoms with Gasteiger partial charge in [0, 0.05) is 23.0 Å². The highest BCUT2D eigenvalue weighted by Crippen LogP contribution is 2.44. The van der Waals surface area contributed by atoms with Gasteiger partial charge in [-0.05, 0) is 57.0 Å². The van der Waals surface area contributed by atoms with E-state index < -0.39 is 0 Å². The van der Waals surface area contributed by atoms with E-state index in [0.717, 1.165) is 40.1 Å². The van der Waals surface area contributed by atoms with E-state index in [1.165, 1.54) is 12.8 Å². The fourth-order valence-electron chi connectivity index (χ4n) is 2.96. The van der Waals surface area contributed by atoms with Crippen molar-refractivity contribution in [1.82, 2.24) is 14.4 Å². The van der Waals surface area contributed by atoms with E-state index >= 15 is 0 Å². The predicted molar refractivity (Wildman–Crippen MR) is 90.7 cm³/mol. The predicted octanol–water partition coefficient (Wildman–Crippen LogP) is 3.98. The summed E-state index contributed by atoms with van der Waals surface area (Å²) in [5.74, 6) is 3.22. The van der Waals surface area contributed by atoms with Gasteiger partial charge < -0.3 is 10.1 Å². The van der Waals surface area contributed by atoms with Gasteiger partial charge in [0.25, 0.3) is 0 Å². The molecule has 3 aromatic rings. The second kappa shape index (κ2) is 5.26. The number of rotatable bonds is 4. The van der Waals surface area contributed by atoms with E-state index in [0.29, 0.717) is 5.92 Å². The Bertz CT molecular complexity index is 863. The van der Waals surface area contributed by atoms with Crippen molar-refractivity contribution >= 4 is 17.3 Å². The number of anilines is 2. The molecule has 23 heavy (non-hydrogen) atoms. The maximum Gasteiger partial charge on any atom is 0.236 e. The standard InChI is InChI=1S/C18H20N4O/c1-11-10-12(2)22-17(16(13-4-5-13)21-18(22)19-11)20-14-6-8-15(23-3)9-7-14/h6-10,13,20H,4-5H2,1-3H3. The highest BCUT2D eigenvalue weighted by atomic mass is 16.5. The van der Waals surface area contributed by atoms with Crippen molar-refractivity contribution in [3.8, 4) is 5.75 Å². The zero-order valence-electron chi connectivity index (χ0n) is 13.6. The third kappa shape index (κ3) is 2.52. The van der Waals surface area contributed by atoms with Gasteiger partial charge in [-0.25, -0.2) is 9.97 Å². The summed E-state index contributed by atoms with van der Waals surface area (Å²) in [5.41, 5.74) is 4.29. The third-order valence-corrected chi connectivity index (χ3v) is 4.25. The molecule has 0 amide bonds. The van der Waals surface area contributed by atoms with Crippen LogP contribution in [-0.4, -0.2) is 21.5 Å². The summed E-state index contributed by atoms with van der Waals surface area (Å²) in [6, 6.07) is 10.0. The molecule has 0 unspecified atom stereocenters. The van der Waals surface area contributed by atoms with Gasteiger partial charge >= 0.3 is 0 Å². The van der Waals surface area contributed by atoms with Gasteiger partial charge in [-0.15, -0.1) is 0 Å². The van der Waals surface area contributed by atoms with Crippen LogP contribution in [0.15, 0.2) is 30.3 Å². The van der Waals surface area contributed by atoms with E-state index in [4.69, 9.17) is 9.72 Å². The minimum atomic E-state index is 0.553. The van der Waals surface area contributed by atoms with Crippen LogP contribution in [0.25, 0.3) is 5.78 Å². The van der Waals surface area contributed by atoms with Crippen molar-refractivity contribution in [2.24, 2.45) is 0 Å². The van der Waals surface area contributed by atoms with Crippen molar-refractivity contribution < 1.29 is 4.74 Å². The molecule has 1 fully saturated rings. The number of hydrogen-bond acceptors (Lipinski definition) is 4. The number of hydrogen-bond donors (Lipinski definition) is 1. The molecular weight excluding hydrogens is 288 g/mol. The number of imidazole rings is 1. The Kier molecular flexibility index (Phi) is 3.22. The van der Waals surface area contributed by atoms with E-state index in [2.05, 4.69) is 27.7 Å². The molecule has 0 atom stereocenters. The van der Waals surface area contributed by atoms with Crippen LogP contribution in [0.3, 0.4) is 0 Å². The van der Waals surface area contributed by atoms with Crippen molar-refractivity contribution in [3.63, 3.8) is 0 Å². The second-order valence-electron chi connectivity index (χ2n) is 6.15. The van der Waals surface area contributed by atoms with Crippen molar-refractivity contribution in [1.29, 1.82) is 0 Å². The number of benzene rings is 1. The number of methoxy groups -OCH3 is 1. The topological polar surface area (TPSA) is 51.5 Å². The molecule has 5 nitrogen and oxygen atoms in total.